The van der Waals surface area contributed by atoms with Gasteiger partial charge in [-0.2, -0.15) is 0 Å². The summed E-state index contributed by atoms with van der Waals surface area (Å²) in [6, 6.07) is 0. The number of carbonyl (C=O) groups is 2. The van der Waals surface area contributed by atoms with Gasteiger partial charge in [-0.15, -0.1) is 0 Å². The van der Waals surface area contributed by atoms with Crippen molar-refractivity contribution < 1.29 is 14.3 Å². The predicted octanol–water partition coefficient (Wildman–Crippen LogP) is 4.04. The van der Waals surface area contributed by atoms with Crippen molar-refractivity contribution in [3.63, 3.8) is 0 Å². The minimum absolute atomic E-state index is 0.0194. The monoisotopic (exact) mass is 324 g/mol. The number of ketones is 1. The molecule has 24 heavy (non-hydrogen) atoms. The first-order valence-electron chi connectivity index (χ1n) is 9.40. The van der Waals surface area contributed by atoms with Crippen molar-refractivity contribution in [1.82, 2.24) is 0 Å². The van der Waals surface area contributed by atoms with Gasteiger partial charge in [0.05, 0.1) is 0 Å². The first-order chi connectivity index (χ1) is 11.5. The second-order valence-electron chi connectivity index (χ2n) is 8.44. The van der Waals surface area contributed by atoms with Crippen molar-refractivity contribution >= 4 is 11.8 Å². The Morgan fingerprint density at radius 1 is 1.08 bits per heavy atom. The molecule has 0 aromatic heterocycles. The molecule has 1 aliphatic heterocycles. The van der Waals surface area contributed by atoms with Crippen LogP contribution < -0.4 is 0 Å². The molecule has 0 N–H and O–H groups in total. The molecule has 0 radical (unpaired) electrons. The lowest BCUT2D eigenvalue weighted by molar-refractivity contribution is -0.156. The molecule has 3 unspecified atom stereocenters. The summed E-state index contributed by atoms with van der Waals surface area (Å²) >= 11 is 0. The zero-order valence-electron chi connectivity index (χ0n) is 14.3. The highest BCUT2D eigenvalue weighted by Gasteiger charge is 2.63. The SMILES string of the molecule is CC12C=CC3=C4CCC(=O)C=C4CCC3C1CC[C@@]21CCC(=O)O1. The van der Waals surface area contributed by atoms with Crippen molar-refractivity contribution in [3.8, 4) is 0 Å². The van der Waals surface area contributed by atoms with Gasteiger partial charge in [-0.05, 0) is 73.2 Å². The van der Waals surface area contributed by atoms with Crippen LogP contribution in [0, 0.1) is 17.3 Å². The molecule has 4 aliphatic carbocycles. The summed E-state index contributed by atoms with van der Waals surface area (Å²) in [6.07, 6.45) is 13.9. The molecule has 0 amide bonds. The molecule has 3 heteroatoms. The van der Waals surface area contributed by atoms with Crippen molar-refractivity contribution in [2.45, 2.75) is 63.9 Å². The Morgan fingerprint density at radius 3 is 2.75 bits per heavy atom. The Kier molecular flexibility index (Phi) is 2.88. The number of hydrogen-bond acceptors (Lipinski definition) is 3. The van der Waals surface area contributed by atoms with Gasteiger partial charge in [0.1, 0.15) is 5.60 Å². The molecule has 1 saturated carbocycles. The van der Waals surface area contributed by atoms with E-state index in [9.17, 15) is 9.59 Å². The zero-order valence-corrected chi connectivity index (χ0v) is 14.3. The second-order valence-corrected chi connectivity index (χ2v) is 8.44. The third kappa shape index (κ3) is 1.73. The number of carbonyl (C=O) groups excluding carboxylic acids is 2. The van der Waals surface area contributed by atoms with E-state index in [4.69, 9.17) is 4.74 Å². The Hall–Kier alpha value is -1.64. The number of esters is 1. The van der Waals surface area contributed by atoms with E-state index in [0.29, 0.717) is 24.7 Å². The van der Waals surface area contributed by atoms with Gasteiger partial charge in [-0.25, -0.2) is 0 Å². The molecule has 1 saturated heterocycles. The van der Waals surface area contributed by atoms with Crippen molar-refractivity contribution in [1.29, 1.82) is 0 Å². The maximum atomic E-state index is 11.8. The Bertz CT molecular complexity index is 740. The van der Waals surface area contributed by atoms with Gasteiger partial charge in [0.15, 0.2) is 5.78 Å². The average molecular weight is 324 g/mol. The topological polar surface area (TPSA) is 43.4 Å². The van der Waals surface area contributed by atoms with Crippen molar-refractivity contribution in [2.75, 3.05) is 0 Å². The average Bonchev–Trinajstić information content (AvgIpc) is 3.08. The summed E-state index contributed by atoms with van der Waals surface area (Å²) in [5, 5.41) is 0. The van der Waals surface area contributed by atoms with Gasteiger partial charge in [-0.1, -0.05) is 19.1 Å². The molecule has 1 heterocycles. The largest absolute Gasteiger partial charge is 0.458 e. The van der Waals surface area contributed by atoms with Crippen molar-refractivity contribution in [3.05, 3.63) is 34.9 Å². The Morgan fingerprint density at radius 2 is 1.96 bits per heavy atom. The lowest BCUT2D eigenvalue weighted by Crippen LogP contribution is -2.47. The molecule has 1 spiro atoms. The van der Waals surface area contributed by atoms with E-state index >= 15 is 0 Å². The number of fused-ring (bicyclic) bond motifs is 5. The minimum Gasteiger partial charge on any atom is -0.458 e. The molecule has 2 fully saturated rings. The first-order valence-corrected chi connectivity index (χ1v) is 9.40. The quantitative estimate of drug-likeness (QED) is 0.632. The summed E-state index contributed by atoms with van der Waals surface area (Å²) in [6.45, 7) is 2.32. The van der Waals surface area contributed by atoms with E-state index in [1.807, 2.05) is 6.08 Å². The third-order valence-electron chi connectivity index (χ3n) is 7.56. The molecule has 0 bridgehead atoms. The van der Waals surface area contributed by atoms with Gasteiger partial charge in [0, 0.05) is 18.3 Å². The number of ether oxygens (including phenoxy) is 1. The molecule has 3 nitrogen and oxygen atoms in total. The van der Waals surface area contributed by atoms with Crippen LogP contribution in [0.5, 0.6) is 0 Å². The van der Waals surface area contributed by atoms with E-state index in [-0.39, 0.29) is 22.8 Å². The van der Waals surface area contributed by atoms with Crippen LogP contribution >= 0.6 is 0 Å². The molecule has 126 valence electrons. The van der Waals surface area contributed by atoms with Crippen LogP contribution in [-0.4, -0.2) is 17.4 Å². The predicted molar refractivity (Wildman–Crippen MR) is 90.1 cm³/mol. The first kappa shape index (κ1) is 14.7. The Balaban J connectivity index is 1.60. The highest BCUT2D eigenvalue weighted by molar-refractivity contribution is 5.93. The van der Waals surface area contributed by atoms with Gasteiger partial charge >= 0.3 is 5.97 Å². The lowest BCUT2D eigenvalue weighted by atomic mass is 9.58. The molecular formula is C21H24O3. The molecule has 4 atom stereocenters. The fourth-order valence-corrected chi connectivity index (χ4v) is 6.28. The maximum absolute atomic E-state index is 11.8. The van der Waals surface area contributed by atoms with Gasteiger partial charge in [0.25, 0.3) is 0 Å². The van der Waals surface area contributed by atoms with Gasteiger partial charge in [0.2, 0.25) is 0 Å². The molecule has 0 aromatic carbocycles. The van der Waals surface area contributed by atoms with E-state index < -0.39 is 0 Å². The number of rotatable bonds is 0. The summed E-state index contributed by atoms with van der Waals surface area (Å²) < 4.78 is 5.92. The molecule has 5 aliphatic rings. The summed E-state index contributed by atoms with van der Waals surface area (Å²) in [7, 11) is 0. The maximum Gasteiger partial charge on any atom is 0.306 e. The zero-order chi connectivity index (χ0) is 16.5. The highest BCUT2D eigenvalue weighted by atomic mass is 16.6. The minimum atomic E-state index is -0.264. The van der Waals surface area contributed by atoms with Crippen LogP contribution in [0.15, 0.2) is 34.9 Å². The standard InChI is InChI=1S/C21H24O3/c1-20-9-6-16-15-5-3-14(22)12-13(15)2-4-17(16)18(20)7-10-21(20)11-8-19(23)24-21/h6,9,12,17-18H,2-5,7-8,10-11H2,1H3/t17?,18?,20?,21-/m1/s1. The molecular weight excluding hydrogens is 300 g/mol. The van der Waals surface area contributed by atoms with Crippen LogP contribution in [0.1, 0.15) is 58.3 Å². The molecule has 0 aromatic rings. The fraction of sp³-hybridized carbons (Fsp3) is 0.619. The third-order valence-corrected chi connectivity index (χ3v) is 7.56. The van der Waals surface area contributed by atoms with E-state index in [0.717, 1.165) is 38.5 Å². The second kappa shape index (κ2) is 4.71. The van der Waals surface area contributed by atoms with E-state index in [2.05, 4.69) is 19.1 Å². The van der Waals surface area contributed by atoms with Crippen LogP contribution in [0.4, 0.5) is 0 Å². The van der Waals surface area contributed by atoms with Crippen LogP contribution in [0.2, 0.25) is 0 Å². The fourth-order valence-electron chi connectivity index (χ4n) is 6.28. The van der Waals surface area contributed by atoms with Crippen LogP contribution in [0.25, 0.3) is 0 Å². The van der Waals surface area contributed by atoms with Gasteiger partial charge in [-0.3, -0.25) is 9.59 Å². The van der Waals surface area contributed by atoms with E-state index in [1.54, 1.807) is 0 Å². The van der Waals surface area contributed by atoms with Crippen LogP contribution in [-0.2, 0) is 14.3 Å². The summed E-state index contributed by atoms with van der Waals surface area (Å²) in [4.78, 5) is 23.6. The Labute approximate surface area is 142 Å². The number of hydrogen-bond donors (Lipinski definition) is 0. The van der Waals surface area contributed by atoms with Gasteiger partial charge < -0.3 is 4.74 Å². The number of allylic oxidation sites excluding steroid dienone is 5. The van der Waals surface area contributed by atoms with E-state index in [1.165, 1.54) is 16.7 Å². The molecule has 5 rings (SSSR count). The van der Waals surface area contributed by atoms with Crippen LogP contribution in [0.3, 0.4) is 0 Å². The highest BCUT2D eigenvalue weighted by Crippen LogP contribution is 2.64. The normalized spacial score (nSPS) is 43.5. The van der Waals surface area contributed by atoms with Crippen molar-refractivity contribution in [2.24, 2.45) is 17.3 Å². The smallest absolute Gasteiger partial charge is 0.306 e. The lowest BCUT2D eigenvalue weighted by Gasteiger charge is -2.48. The summed E-state index contributed by atoms with van der Waals surface area (Å²) in [5.41, 5.74) is 3.91. The summed E-state index contributed by atoms with van der Waals surface area (Å²) in [5.74, 6) is 1.40.